The van der Waals surface area contributed by atoms with Gasteiger partial charge in [-0.2, -0.15) is 0 Å². The zero-order valence-corrected chi connectivity index (χ0v) is 10.7. The highest BCUT2D eigenvalue weighted by Crippen LogP contribution is 2.32. The van der Waals surface area contributed by atoms with Crippen LogP contribution in [-0.4, -0.2) is 23.5 Å². The number of furan rings is 1. The summed E-state index contributed by atoms with van der Waals surface area (Å²) < 4.78 is 5.30. The van der Waals surface area contributed by atoms with Crippen molar-refractivity contribution >= 4 is 16.9 Å². The van der Waals surface area contributed by atoms with E-state index in [9.17, 15) is 0 Å². The molecule has 2 aliphatic rings. The third-order valence-corrected chi connectivity index (χ3v) is 4.71. The van der Waals surface area contributed by atoms with E-state index in [1.54, 1.807) is 6.26 Å². The third kappa shape index (κ3) is 2.68. The summed E-state index contributed by atoms with van der Waals surface area (Å²) in [6.45, 7) is 0.820. The maximum atomic E-state index is 5.30. The predicted molar refractivity (Wildman–Crippen MR) is 71.4 cm³/mol. The topological polar surface area (TPSA) is 37.5 Å². The lowest BCUT2D eigenvalue weighted by atomic mass is 10.1. The van der Waals surface area contributed by atoms with Gasteiger partial charge in [-0.1, -0.05) is 18.2 Å². The zero-order chi connectivity index (χ0) is 11.5. The molecule has 3 nitrogen and oxygen atoms in total. The highest BCUT2D eigenvalue weighted by atomic mass is 32.2. The van der Waals surface area contributed by atoms with E-state index in [2.05, 4.69) is 10.3 Å². The van der Waals surface area contributed by atoms with Gasteiger partial charge in [0.25, 0.3) is 0 Å². The van der Waals surface area contributed by atoms with Crippen LogP contribution in [0.15, 0.2) is 27.8 Å². The number of fused-ring (bicyclic) bond motifs is 1. The van der Waals surface area contributed by atoms with Gasteiger partial charge in [-0.15, -0.1) is 0 Å². The fourth-order valence-electron chi connectivity index (χ4n) is 2.63. The largest absolute Gasteiger partial charge is 0.469 e. The summed E-state index contributed by atoms with van der Waals surface area (Å²) in [5.74, 6) is 3.15. The molecule has 0 aromatic carbocycles. The number of nitrogens with zero attached hydrogens (tertiary/aromatic N) is 1. The van der Waals surface area contributed by atoms with Crippen LogP contribution in [0.4, 0.5) is 0 Å². The molecule has 0 bridgehead atoms. The Balaban J connectivity index is 1.51. The molecule has 1 aromatic heterocycles. The maximum absolute atomic E-state index is 5.30. The molecule has 0 amide bonds. The highest BCUT2D eigenvalue weighted by molar-refractivity contribution is 8.13. The first-order valence-corrected chi connectivity index (χ1v) is 7.36. The molecule has 1 N–H and O–H groups in total. The zero-order valence-electron chi connectivity index (χ0n) is 9.89. The Morgan fingerprint density at radius 3 is 3.35 bits per heavy atom. The molecule has 1 aliphatic heterocycles. The number of aliphatic imine (C=N–C) groups is 1. The first-order valence-electron chi connectivity index (χ1n) is 6.38. The minimum atomic E-state index is 0.693. The van der Waals surface area contributed by atoms with Gasteiger partial charge in [-0.25, -0.2) is 0 Å². The Hall–Kier alpha value is -0.900. The Morgan fingerprint density at radius 1 is 1.47 bits per heavy atom. The molecule has 4 heteroatoms. The van der Waals surface area contributed by atoms with Gasteiger partial charge >= 0.3 is 0 Å². The molecule has 0 radical (unpaired) electrons. The molecule has 2 fully saturated rings. The molecular weight excluding hydrogens is 232 g/mol. The first-order chi connectivity index (χ1) is 8.42. The fourth-order valence-corrected chi connectivity index (χ4v) is 3.81. The van der Waals surface area contributed by atoms with Crippen molar-refractivity contribution in [3.63, 3.8) is 0 Å². The highest BCUT2D eigenvalue weighted by Gasteiger charge is 2.31. The van der Waals surface area contributed by atoms with Crippen LogP contribution in [0, 0.1) is 5.92 Å². The van der Waals surface area contributed by atoms with Crippen LogP contribution >= 0.6 is 11.8 Å². The number of hydrogen-bond acceptors (Lipinski definition) is 3. The summed E-state index contributed by atoms with van der Waals surface area (Å²) in [5.41, 5.74) is 0. The number of amidine groups is 1. The molecule has 1 saturated heterocycles. The molecular formula is C13H18N2OS. The van der Waals surface area contributed by atoms with Crippen molar-refractivity contribution in [3.8, 4) is 0 Å². The Morgan fingerprint density at radius 2 is 2.47 bits per heavy atom. The van der Waals surface area contributed by atoms with Crippen LogP contribution in [0.2, 0.25) is 0 Å². The van der Waals surface area contributed by atoms with E-state index < -0.39 is 0 Å². The lowest BCUT2D eigenvalue weighted by Gasteiger charge is -2.27. The molecule has 2 unspecified atom stereocenters. The summed E-state index contributed by atoms with van der Waals surface area (Å²) in [5, 5.41) is 4.72. The second-order valence-electron chi connectivity index (χ2n) is 4.77. The summed E-state index contributed by atoms with van der Waals surface area (Å²) in [6.07, 6.45) is 6.71. The predicted octanol–water partition coefficient (Wildman–Crippen LogP) is 2.68. The van der Waals surface area contributed by atoms with Crippen LogP contribution in [0.25, 0.3) is 0 Å². The van der Waals surface area contributed by atoms with Gasteiger partial charge < -0.3 is 9.73 Å². The standard InChI is InChI=1S/C13H18N2OS/c1-3-10-9-17-13(15-12(10)5-1)14-7-6-11-4-2-8-16-11/h2,4,8,10,12H,1,3,5-7,9H2,(H,14,15). The van der Waals surface area contributed by atoms with E-state index in [-0.39, 0.29) is 0 Å². The molecule has 3 rings (SSSR count). The van der Waals surface area contributed by atoms with E-state index in [1.165, 1.54) is 25.0 Å². The average Bonchev–Trinajstić information content (AvgIpc) is 2.98. The Kier molecular flexibility index (Phi) is 3.41. The molecule has 92 valence electrons. The third-order valence-electron chi connectivity index (χ3n) is 3.60. The fraction of sp³-hybridized carbons (Fsp3) is 0.615. The van der Waals surface area contributed by atoms with Crippen LogP contribution in [0.1, 0.15) is 25.0 Å². The van der Waals surface area contributed by atoms with Gasteiger partial charge in [0, 0.05) is 24.8 Å². The van der Waals surface area contributed by atoms with Gasteiger partial charge in [0.1, 0.15) is 5.76 Å². The smallest absolute Gasteiger partial charge is 0.156 e. The van der Waals surface area contributed by atoms with E-state index in [4.69, 9.17) is 4.42 Å². The molecule has 17 heavy (non-hydrogen) atoms. The van der Waals surface area contributed by atoms with E-state index in [0.29, 0.717) is 6.04 Å². The molecule has 2 atom stereocenters. The Labute approximate surface area is 106 Å². The van der Waals surface area contributed by atoms with Gasteiger partial charge in [0.05, 0.1) is 6.26 Å². The molecule has 0 spiro atoms. The lowest BCUT2D eigenvalue weighted by molar-refractivity contribution is 0.488. The minimum absolute atomic E-state index is 0.693. The van der Waals surface area contributed by atoms with Crippen molar-refractivity contribution in [2.75, 3.05) is 12.3 Å². The van der Waals surface area contributed by atoms with Crippen LogP contribution < -0.4 is 5.32 Å². The molecule has 1 aliphatic carbocycles. The second kappa shape index (κ2) is 5.17. The van der Waals surface area contributed by atoms with E-state index in [1.807, 2.05) is 23.9 Å². The number of rotatable bonds is 3. The van der Waals surface area contributed by atoms with Crippen molar-refractivity contribution in [1.29, 1.82) is 0 Å². The molecule has 1 saturated carbocycles. The van der Waals surface area contributed by atoms with E-state index in [0.717, 1.165) is 29.8 Å². The van der Waals surface area contributed by atoms with Gasteiger partial charge in [0.15, 0.2) is 5.17 Å². The van der Waals surface area contributed by atoms with Gasteiger partial charge in [-0.05, 0) is 30.9 Å². The van der Waals surface area contributed by atoms with Crippen LogP contribution in [-0.2, 0) is 6.42 Å². The normalized spacial score (nSPS) is 30.2. The monoisotopic (exact) mass is 250 g/mol. The minimum Gasteiger partial charge on any atom is -0.469 e. The average molecular weight is 250 g/mol. The summed E-state index contributed by atoms with van der Waals surface area (Å²) in [7, 11) is 0. The van der Waals surface area contributed by atoms with Crippen molar-refractivity contribution in [2.45, 2.75) is 31.7 Å². The van der Waals surface area contributed by atoms with Gasteiger partial charge in [-0.3, -0.25) is 4.99 Å². The Bertz CT molecular complexity index is 388. The molecule has 2 heterocycles. The quantitative estimate of drug-likeness (QED) is 0.896. The maximum Gasteiger partial charge on any atom is 0.156 e. The van der Waals surface area contributed by atoms with Crippen molar-refractivity contribution in [2.24, 2.45) is 10.9 Å². The lowest BCUT2D eigenvalue weighted by Crippen LogP contribution is -2.41. The number of nitrogens with one attached hydrogen (secondary N) is 1. The summed E-state index contributed by atoms with van der Waals surface area (Å²) in [6, 6.07) is 4.63. The van der Waals surface area contributed by atoms with Crippen LogP contribution in [0.5, 0.6) is 0 Å². The SMILES string of the molecule is c1coc(CCN=C2NC3CCCC3CS2)c1. The van der Waals surface area contributed by atoms with Crippen LogP contribution in [0.3, 0.4) is 0 Å². The first kappa shape index (κ1) is 11.2. The van der Waals surface area contributed by atoms with Crippen molar-refractivity contribution in [3.05, 3.63) is 24.2 Å². The van der Waals surface area contributed by atoms with Crippen molar-refractivity contribution in [1.82, 2.24) is 5.32 Å². The van der Waals surface area contributed by atoms with Crippen molar-refractivity contribution < 1.29 is 4.42 Å². The number of thioether (sulfide) groups is 1. The van der Waals surface area contributed by atoms with Gasteiger partial charge in [0.2, 0.25) is 0 Å². The summed E-state index contributed by atoms with van der Waals surface area (Å²) in [4.78, 5) is 4.63. The number of hydrogen-bond donors (Lipinski definition) is 1. The summed E-state index contributed by atoms with van der Waals surface area (Å²) >= 11 is 1.89. The van der Waals surface area contributed by atoms with E-state index >= 15 is 0 Å². The molecule has 1 aromatic rings. The second-order valence-corrected chi connectivity index (χ2v) is 5.78.